The van der Waals surface area contributed by atoms with Crippen molar-refractivity contribution in [3.05, 3.63) is 69.9 Å². The number of nitrogens with zero attached hydrogens (tertiary/aromatic N) is 2. The Morgan fingerprint density at radius 3 is 2.26 bits per heavy atom. The molecule has 42 heavy (non-hydrogen) atoms. The van der Waals surface area contributed by atoms with Crippen molar-refractivity contribution in [3.63, 3.8) is 0 Å². The minimum atomic E-state index is -4.02. The number of anilines is 1. The van der Waals surface area contributed by atoms with Crippen molar-refractivity contribution in [1.29, 1.82) is 0 Å². The van der Waals surface area contributed by atoms with E-state index in [0.717, 1.165) is 16.0 Å². The Bertz CT molecular complexity index is 1440. The Balaban J connectivity index is 1.85. The van der Waals surface area contributed by atoms with Gasteiger partial charge >= 0.3 is 0 Å². The lowest BCUT2D eigenvalue weighted by molar-refractivity contribution is -0.132. The molecule has 12 heteroatoms. The van der Waals surface area contributed by atoms with Crippen molar-refractivity contribution in [3.8, 4) is 11.5 Å². The first-order chi connectivity index (χ1) is 20.1. The number of thiophene rings is 1. The molecule has 3 aromatic rings. The molecule has 0 saturated heterocycles. The van der Waals surface area contributed by atoms with Gasteiger partial charge in [-0.05, 0) is 78.7 Å². The van der Waals surface area contributed by atoms with Crippen LogP contribution in [0.15, 0.2) is 58.8 Å². The van der Waals surface area contributed by atoms with Gasteiger partial charge in [-0.2, -0.15) is 4.31 Å². The summed E-state index contributed by atoms with van der Waals surface area (Å²) in [5, 5.41) is 4.61. The summed E-state index contributed by atoms with van der Waals surface area (Å²) in [6, 6.07) is 13.5. The zero-order chi connectivity index (χ0) is 30.7. The van der Waals surface area contributed by atoms with Crippen LogP contribution in [0.1, 0.15) is 29.3 Å². The molecule has 0 aliphatic heterocycles. The van der Waals surface area contributed by atoms with Crippen LogP contribution in [0.3, 0.4) is 0 Å². The van der Waals surface area contributed by atoms with Crippen LogP contribution in [0, 0.1) is 6.92 Å². The van der Waals surface area contributed by atoms with E-state index >= 15 is 0 Å². The van der Waals surface area contributed by atoms with E-state index in [1.165, 1.54) is 35.5 Å². The average Bonchev–Trinajstić information content (AvgIpc) is 3.38. The fourth-order valence-electron chi connectivity index (χ4n) is 4.31. The summed E-state index contributed by atoms with van der Waals surface area (Å²) in [6.07, 6.45) is 0.959. The van der Waals surface area contributed by atoms with E-state index < -0.39 is 10.0 Å². The number of carbonyl (C=O) groups is 2. The van der Waals surface area contributed by atoms with Gasteiger partial charge < -0.3 is 24.4 Å². The van der Waals surface area contributed by atoms with Crippen LogP contribution in [-0.2, 0) is 37.3 Å². The number of benzene rings is 2. The molecule has 0 fully saturated rings. The monoisotopic (exact) mass is 617 g/mol. The molecule has 10 nitrogen and oxygen atoms in total. The Morgan fingerprint density at radius 2 is 1.67 bits per heavy atom. The molecule has 0 spiro atoms. The third-order valence-corrected chi connectivity index (χ3v) is 9.52. The number of carbonyl (C=O) groups excluding carboxylic acids is 2. The molecule has 1 aromatic heterocycles. The number of methoxy groups -OCH3 is 3. The third-order valence-electron chi connectivity index (χ3n) is 6.65. The predicted octanol–water partition coefficient (Wildman–Crippen LogP) is 4.33. The molecule has 0 bridgehead atoms. The van der Waals surface area contributed by atoms with E-state index in [2.05, 4.69) is 5.32 Å². The van der Waals surface area contributed by atoms with Gasteiger partial charge in [0.25, 0.3) is 0 Å². The Morgan fingerprint density at radius 1 is 0.952 bits per heavy atom. The third kappa shape index (κ3) is 9.02. The molecule has 1 N–H and O–H groups in total. The lowest BCUT2D eigenvalue weighted by Gasteiger charge is -2.27. The Hall–Kier alpha value is -3.45. The molecule has 0 unspecified atom stereocenters. The molecule has 0 aliphatic carbocycles. The normalized spacial score (nSPS) is 11.4. The highest BCUT2D eigenvalue weighted by Crippen LogP contribution is 2.28. The number of nitrogens with one attached hydrogen (secondary N) is 1. The van der Waals surface area contributed by atoms with Crippen LogP contribution in [0.2, 0.25) is 0 Å². The van der Waals surface area contributed by atoms with Gasteiger partial charge in [0.05, 0.1) is 32.2 Å². The Kier molecular flexibility index (Phi) is 12.3. The van der Waals surface area contributed by atoms with Crippen LogP contribution in [0.4, 0.5) is 5.69 Å². The van der Waals surface area contributed by atoms with E-state index in [4.69, 9.17) is 14.2 Å². The van der Waals surface area contributed by atoms with Crippen molar-refractivity contribution < 1.29 is 32.2 Å². The summed E-state index contributed by atoms with van der Waals surface area (Å²) in [4.78, 5) is 28.0. The summed E-state index contributed by atoms with van der Waals surface area (Å²) >= 11 is 1.56. The van der Waals surface area contributed by atoms with Crippen molar-refractivity contribution >= 4 is 38.9 Å². The highest BCUT2D eigenvalue weighted by Gasteiger charge is 2.29. The topological polar surface area (TPSA) is 114 Å². The maximum Gasteiger partial charge on any atom is 0.243 e. The van der Waals surface area contributed by atoms with E-state index in [9.17, 15) is 18.0 Å². The van der Waals surface area contributed by atoms with Gasteiger partial charge in [-0.15, -0.1) is 11.3 Å². The standard InChI is InChI=1S/C30H39N3O7S2/c1-22-14-18-41-29(22)20-32(16-13-24-7-12-27(39-4)28(19-24)40-5)30(35)21-33(15-6-17-38-3)42(36,37)26-10-8-25(9-11-26)31-23(2)34/h7-12,14,18-19H,6,13,15-17,20-21H2,1-5H3,(H,31,34). The lowest BCUT2D eigenvalue weighted by Crippen LogP contribution is -2.43. The van der Waals surface area contributed by atoms with Crippen LogP contribution in [0.25, 0.3) is 0 Å². The smallest absolute Gasteiger partial charge is 0.243 e. The zero-order valence-corrected chi connectivity index (χ0v) is 26.3. The van der Waals surface area contributed by atoms with Gasteiger partial charge in [0, 0.05) is 44.3 Å². The summed E-state index contributed by atoms with van der Waals surface area (Å²) in [7, 11) is 0.673. The van der Waals surface area contributed by atoms with E-state index in [-0.39, 0.29) is 29.8 Å². The SMILES string of the molecule is COCCCN(CC(=O)N(CCc1ccc(OC)c(OC)c1)Cc1sccc1C)S(=O)(=O)c1ccc(NC(C)=O)cc1. The van der Waals surface area contributed by atoms with Crippen molar-refractivity contribution in [2.75, 3.05) is 52.9 Å². The van der Waals surface area contributed by atoms with Gasteiger partial charge in [-0.1, -0.05) is 6.07 Å². The number of sulfonamides is 1. The van der Waals surface area contributed by atoms with E-state index in [1.807, 2.05) is 36.6 Å². The minimum absolute atomic E-state index is 0.0350. The number of amides is 2. The van der Waals surface area contributed by atoms with Gasteiger partial charge in [-0.25, -0.2) is 8.42 Å². The largest absolute Gasteiger partial charge is 0.493 e. The predicted molar refractivity (Wildman–Crippen MR) is 164 cm³/mol. The maximum absolute atomic E-state index is 13.8. The highest BCUT2D eigenvalue weighted by atomic mass is 32.2. The molecule has 3 rings (SSSR count). The summed E-state index contributed by atoms with van der Waals surface area (Å²) in [6.45, 7) is 4.25. The number of hydrogen-bond donors (Lipinski definition) is 1. The van der Waals surface area contributed by atoms with Gasteiger partial charge in [-0.3, -0.25) is 9.59 Å². The lowest BCUT2D eigenvalue weighted by atomic mass is 10.1. The average molecular weight is 618 g/mol. The molecule has 228 valence electrons. The second-order valence-corrected chi connectivity index (χ2v) is 12.6. The fourth-order valence-corrected chi connectivity index (χ4v) is 6.66. The van der Waals surface area contributed by atoms with Crippen LogP contribution in [0.5, 0.6) is 11.5 Å². The maximum atomic E-state index is 13.8. The van der Waals surface area contributed by atoms with Crippen LogP contribution >= 0.6 is 11.3 Å². The fraction of sp³-hybridized carbons (Fsp3) is 0.400. The minimum Gasteiger partial charge on any atom is -0.493 e. The first-order valence-electron chi connectivity index (χ1n) is 13.5. The molecule has 2 aromatic carbocycles. The number of hydrogen-bond acceptors (Lipinski definition) is 8. The van der Waals surface area contributed by atoms with Crippen molar-refractivity contribution in [2.24, 2.45) is 0 Å². The first-order valence-corrected chi connectivity index (χ1v) is 15.8. The van der Waals surface area contributed by atoms with Crippen LogP contribution < -0.4 is 14.8 Å². The van der Waals surface area contributed by atoms with Gasteiger partial charge in [0.1, 0.15) is 0 Å². The van der Waals surface area contributed by atoms with Gasteiger partial charge in [0.2, 0.25) is 21.8 Å². The van der Waals surface area contributed by atoms with E-state index in [1.54, 1.807) is 37.6 Å². The Labute approximate surface area is 252 Å². The number of aryl methyl sites for hydroxylation is 1. The molecule has 0 saturated carbocycles. The number of rotatable bonds is 16. The molecular formula is C30H39N3O7S2. The second kappa shape index (κ2) is 15.7. The molecule has 0 radical (unpaired) electrons. The number of ether oxygens (including phenoxy) is 3. The van der Waals surface area contributed by atoms with E-state index in [0.29, 0.717) is 49.7 Å². The highest BCUT2D eigenvalue weighted by molar-refractivity contribution is 7.89. The molecule has 0 aliphatic rings. The summed E-state index contributed by atoms with van der Waals surface area (Å²) in [5.74, 6) is 0.651. The summed E-state index contributed by atoms with van der Waals surface area (Å²) < 4.78 is 44.5. The van der Waals surface area contributed by atoms with Gasteiger partial charge in [0.15, 0.2) is 11.5 Å². The molecule has 1 heterocycles. The second-order valence-electron chi connectivity index (χ2n) is 9.67. The zero-order valence-electron chi connectivity index (χ0n) is 24.7. The summed E-state index contributed by atoms with van der Waals surface area (Å²) in [5.41, 5.74) is 2.51. The van der Waals surface area contributed by atoms with Crippen molar-refractivity contribution in [2.45, 2.75) is 38.1 Å². The molecule has 2 amide bonds. The molecular weight excluding hydrogens is 578 g/mol. The molecule has 0 atom stereocenters. The first kappa shape index (κ1) is 33.1. The van der Waals surface area contributed by atoms with Crippen LogP contribution in [-0.4, -0.2) is 77.0 Å². The quantitative estimate of drug-likeness (QED) is 0.238. The van der Waals surface area contributed by atoms with Crippen molar-refractivity contribution in [1.82, 2.24) is 9.21 Å².